The molecule has 23 heavy (non-hydrogen) atoms. The fourth-order valence-electron chi connectivity index (χ4n) is 3.09. The summed E-state index contributed by atoms with van der Waals surface area (Å²) in [6.07, 6.45) is 3.11. The first-order chi connectivity index (χ1) is 11.2. The van der Waals surface area contributed by atoms with Gasteiger partial charge in [-0.3, -0.25) is 0 Å². The van der Waals surface area contributed by atoms with Crippen molar-refractivity contribution in [3.63, 3.8) is 0 Å². The zero-order valence-electron chi connectivity index (χ0n) is 14.0. The summed E-state index contributed by atoms with van der Waals surface area (Å²) in [5.74, 6) is -0.210. The second-order valence-corrected chi connectivity index (χ2v) is 6.44. The van der Waals surface area contributed by atoms with E-state index in [0.29, 0.717) is 6.61 Å². The van der Waals surface area contributed by atoms with Gasteiger partial charge in [0.25, 0.3) is 0 Å². The van der Waals surface area contributed by atoms with Gasteiger partial charge in [-0.1, -0.05) is 67.7 Å². The molecule has 0 N–H and O–H groups in total. The second kappa shape index (κ2) is 8.07. The van der Waals surface area contributed by atoms with Gasteiger partial charge in [-0.15, -0.1) is 0 Å². The van der Waals surface area contributed by atoms with E-state index in [1.807, 2.05) is 26.0 Å². The van der Waals surface area contributed by atoms with Gasteiger partial charge in [0.05, 0.1) is 6.61 Å². The first-order valence-electron chi connectivity index (χ1n) is 8.34. The van der Waals surface area contributed by atoms with Gasteiger partial charge in [-0.25, -0.2) is 4.39 Å². The number of unbranched alkanes of at least 4 members (excludes halogenated alkanes) is 1. The van der Waals surface area contributed by atoms with Crippen LogP contribution in [0.15, 0.2) is 46.9 Å². The molecule has 0 saturated carbocycles. The highest BCUT2D eigenvalue weighted by Gasteiger charge is 2.41. The van der Waals surface area contributed by atoms with Crippen LogP contribution in [-0.4, -0.2) is 0 Å². The number of rotatable bonds is 4. The smallest absolute Gasteiger partial charge is 0.123 e. The van der Waals surface area contributed by atoms with Gasteiger partial charge in [0, 0.05) is 4.47 Å². The molecule has 0 radical (unpaired) electrons. The molecule has 1 atom stereocenters. The minimum Gasteiger partial charge on any atom is -0.361 e. The van der Waals surface area contributed by atoms with Gasteiger partial charge in [-0.2, -0.15) is 0 Å². The zero-order valence-corrected chi connectivity index (χ0v) is 15.6. The largest absolute Gasteiger partial charge is 0.361 e. The first-order valence-corrected chi connectivity index (χ1v) is 9.14. The third-order valence-electron chi connectivity index (χ3n) is 4.17. The topological polar surface area (TPSA) is 9.23 Å². The molecule has 1 aliphatic heterocycles. The van der Waals surface area contributed by atoms with Crippen LogP contribution in [-0.2, 0) is 16.9 Å². The van der Waals surface area contributed by atoms with Crippen molar-refractivity contribution in [2.24, 2.45) is 0 Å². The first kappa shape index (κ1) is 18.2. The van der Waals surface area contributed by atoms with E-state index in [-0.39, 0.29) is 5.82 Å². The highest BCUT2D eigenvalue weighted by molar-refractivity contribution is 9.10. The number of hydrogen-bond acceptors (Lipinski definition) is 1. The molecule has 124 valence electrons. The lowest BCUT2D eigenvalue weighted by atomic mass is 9.82. The Morgan fingerprint density at radius 3 is 2.48 bits per heavy atom. The van der Waals surface area contributed by atoms with E-state index in [4.69, 9.17) is 4.74 Å². The molecule has 3 heteroatoms. The predicted octanol–water partition coefficient (Wildman–Crippen LogP) is 6.58. The van der Waals surface area contributed by atoms with Crippen molar-refractivity contribution in [3.8, 4) is 0 Å². The summed E-state index contributed by atoms with van der Waals surface area (Å²) in [4.78, 5) is 0. The predicted molar refractivity (Wildman–Crippen MR) is 97.0 cm³/mol. The molecular weight excluding hydrogens is 355 g/mol. The molecule has 3 rings (SSSR count). The molecule has 2 aromatic rings. The third kappa shape index (κ3) is 3.67. The van der Waals surface area contributed by atoms with Gasteiger partial charge in [0.15, 0.2) is 0 Å². The van der Waals surface area contributed by atoms with Crippen LogP contribution < -0.4 is 0 Å². The molecule has 0 aliphatic carbocycles. The molecule has 0 saturated heterocycles. The molecule has 2 aromatic carbocycles. The quantitative estimate of drug-likeness (QED) is 0.583. The van der Waals surface area contributed by atoms with Crippen molar-refractivity contribution in [2.45, 2.75) is 52.2 Å². The lowest BCUT2D eigenvalue weighted by molar-refractivity contribution is -0.0131. The zero-order chi connectivity index (χ0) is 16.9. The van der Waals surface area contributed by atoms with Crippen molar-refractivity contribution in [1.82, 2.24) is 0 Å². The minimum absolute atomic E-state index is 0.210. The molecule has 1 aliphatic rings. The summed E-state index contributed by atoms with van der Waals surface area (Å²) in [6.45, 7) is 6.78. The molecule has 1 heterocycles. The van der Waals surface area contributed by atoms with E-state index in [1.165, 1.54) is 23.3 Å². The minimum atomic E-state index is -0.431. The highest BCUT2D eigenvalue weighted by atomic mass is 79.9. The summed E-state index contributed by atoms with van der Waals surface area (Å²) in [7, 11) is 0. The van der Waals surface area contributed by atoms with Crippen molar-refractivity contribution in [3.05, 3.63) is 69.4 Å². The number of ether oxygens (including phenoxy) is 1. The molecule has 0 bridgehead atoms. The fourth-order valence-corrected chi connectivity index (χ4v) is 3.50. The van der Waals surface area contributed by atoms with Gasteiger partial charge >= 0.3 is 0 Å². The maximum atomic E-state index is 13.3. The number of benzene rings is 2. The van der Waals surface area contributed by atoms with Crippen molar-refractivity contribution in [2.75, 3.05) is 0 Å². The van der Waals surface area contributed by atoms with Gasteiger partial charge in [0.2, 0.25) is 0 Å². The van der Waals surface area contributed by atoms with Crippen LogP contribution >= 0.6 is 15.9 Å². The van der Waals surface area contributed by atoms with Crippen molar-refractivity contribution < 1.29 is 9.13 Å². The molecule has 0 fully saturated rings. The highest BCUT2D eigenvalue weighted by Crippen LogP contribution is 2.46. The monoisotopic (exact) mass is 378 g/mol. The maximum absolute atomic E-state index is 13.3. The molecule has 1 unspecified atom stereocenters. The van der Waals surface area contributed by atoms with Crippen LogP contribution in [0.1, 0.15) is 56.7 Å². The average molecular weight is 379 g/mol. The Kier molecular flexibility index (Phi) is 6.37. The molecular formula is C20H24BrFO. The van der Waals surface area contributed by atoms with E-state index < -0.39 is 5.60 Å². The summed E-state index contributed by atoms with van der Waals surface area (Å²) in [5, 5.41) is 0. The van der Waals surface area contributed by atoms with Crippen molar-refractivity contribution >= 4 is 15.9 Å². The average Bonchev–Trinajstić information content (AvgIpc) is 2.94. The lowest BCUT2D eigenvalue weighted by Gasteiger charge is -2.30. The Labute approximate surface area is 147 Å². The van der Waals surface area contributed by atoms with Crippen LogP contribution in [0.4, 0.5) is 4.39 Å². The normalized spacial score (nSPS) is 19.0. The summed E-state index contributed by atoms with van der Waals surface area (Å²) in [5.41, 5.74) is 3.04. The number of hydrogen-bond donors (Lipinski definition) is 0. The summed E-state index contributed by atoms with van der Waals surface area (Å²) in [6, 6.07) is 13.0. The Balaban J connectivity index is 0.000000924. The van der Waals surface area contributed by atoms with Gasteiger partial charge < -0.3 is 4.74 Å². The third-order valence-corrected chi connectivity index (χ3v) is 4.66. The van der Waals surface area contributed by atoms with Gasteiger partial charge in [0.1, 0.15) is 11.4 Å². The Bertz CT molecular complexity index is 639. The lowest BCUT2D eigenvalue weighted by Crippen LogP contribution is -2.27. The van der Waals surface area contributed by atoms with E-state index >= 15 is 0 Å². The number of halogens is 2. The summed E-state index contributed by atoms with van der Waals surface area (Å²) >= 11 is 3.52. The standard InChI is InChI=1S/C18H18BrFO.C2H6/c1-2-3-10-18(14-4-7-16(20)8-5-14)17-9-6-15(19)11-13(17)12-21-18;1-2/h4-9,11H,2-3,10,12H2,1H3;1-2H3. The van der Waals surface area contributed by atoms with Crippen LogP contribution in [0, 0.1) is 5.82 Å². The van der Waals surface area contributed by atoms with Crippen LogP contribution in [0.2, 0.25) is 0 Å². The van der Waals surface area contributed by atoms with E-state index in [9.17, 15) is 4.39 Å². The Morgan fingerprint density at radius 1 is 1.13 bits per heavy atom. The Morgan fingerprint density at radius 2 is 1.83 bits per heavy atom. The van der Waals surface area contributed by atoms with E-state index in [1.54, 1.807) is 0 Å². The molecule has 1 nitrogen and oxygen atoms in total. The van der Waals surface area contributed by atoms with Crippen molar-refractivity contribution in [1.29, 1.82) is 0 Å². The SMILES string of the molecule is CC.CCCCC1(c2ccc(F)cc2)OCc2cc(Br)ccc21. The molecule has 0 amide bonds. The summed E-state index contributed by atoms with van der Waals surface area (Å²) < 4.78 is 20.6. The number of fused-ring (bicyclic) bond motifs is 1. The van der Waals surface area contributed by atoms with Crippen LogP contribution in [0.25, 0.3) is 0 Å². The molecule has 0 aromatic heterocycles. The van der Waals surface area contributed by atoms with Crippen LogP contribution in [0.5, 0.6) is 0 Å². The maximum Gasteiger partial charge on any atom is 0.123 e. The molecule has 0 spiro atoms. The van der Waals surface area contributed by atoms with Gasteiger partial charge in [-0.05, 0) is 47.4 Å². The second-order valence-electron chi connectivity index (χ2n) is 5.53. The van der Waals surface area contributed by atoms with E-state index in [0.717, 1.165) is 29.3 Å². The Hall–Kier alpha value is -1.19. The fraction of sp³-hybridized carbons (Fsp3) is 0.400. The van der Waals surface area contributed by atoms with Crippen LogP contribution in [0.3, 0.4) is 0 Å². The van der Waals surface area contributed by atoms with E-state index in [2.05, 4.69) is 41.1 Å².